The van der Waals surface area contributed by atoms with Crippen LogP contribution in [0.4, 0.5) is 8.78 Å². The maximum absolute atomic E-state index is 14.4. The summed E-state index contributed by atoms with van der Waals surface area (Å²) in [6.45, 7) is 3.54. The van der Waals surface area contributed by atoms with E-state index >= 15 is 0 Å². The maximum Gasteiger partial charge on any atom is 0.326 e. The van der Waals surface area contributed by atoms with Crippen molar-refractivity contribution < 1.29 is 33.0 Å². The van der Waals surface area contributed by atoms with Crippen LogP contribution in [0.15, 0.2) is 66.7 Å². The van der Waals surface area contributed by atoms with Gasteiger partial charge in [0.1, 0.15) is 29.5 Å². The molecule has 230 valence electrons. The van der Waals surface area contributed by atoms with E-state index in [1.807, 2.05) is 48.5 Å². The molecular weight excluding hydrogens is 566 g/mol. The summed E-state index contributed by atoms with van der Waals surface area (Å²) in [6, 6.07) is 18.2. The molecule has 9 heteroatoms. The van der Waals surface area contributed by atoms with Crippen molar-refractivity contribution in [3.8, 4) is 22.6 Å². The molecule has 1 aliphatic rings. The Kier molecular flexibility index (Phi) is 9.44. The molecule has 0 spiro atoms. The molecule has 1 aliphatic heterocycles. The third-order valence-corrected chi connectivity index (χ3v) is 8.29. The van der Waals surface area contributed by atoms with E-state index in [0.29, 0.717) is 55.1 Å². The average molecular weight is 603 g/mol. The van der Waals surface area contributed by atoms with Crippen molar-refractivity contribution in [2.24, 2.45) is 0 Å². The van der Waals surface area contributed by atoms with Gasteiger partial charge < -0.3 is 19.9 Å². The van der Waals surface area contributed by atoms with Crippen LogP contribution in [-0.2, 0) is 17.8 Å². The Morgan fingerprint density at radius 2 is 1.66 bits per heavy atom. The van der Waals surface area contributed by atoms with E-state index in [1.54, 1.807) is 27.2 Å². The Morgan fingerprint density at radius 1 is 0.955 bits per heavy atom. The highest BCUT2D eigenvalue weighted by atomic mass is 19.1. The van der Waals surface area contributed by atoms with Crippen molar-refractivity contribution in [2.75, 3.05) is 27.3 Å². The number of benzene rings is 4. The van der Waals surface area contributed by atoms with Crippen LogP contribution in [0.1, 0.15) is 39.9 Å². The number of nitrogens with zero attached hydrogens (tertiary/aromatic N) is 1. The SMILES string of the molecule is COc1ccc(CN2CCC(F)CC2)c(OC)c1-c1cccc2c(C[C@H](NC(=O)c3c(C)cccc3F)C(=O)O)cccc12. The number of hydrogen-bond donors (Lipinski definition) is 2. The highest BCUT2D eigenvalue weighted by molar-refractivity contribution is 6.02. The van der Waals surface area contributed by atoms with E-state index in [9.17, 15) is 23.5 Å². The molecule has 4 aromatic rings. The number of carbonyl (C=O) groups excluding carboxylic acids is 1. The monoisotopic (exact) mass is 602 g/mol. The normalized spacial score (nSPS) is 14.8. The molecule has 1 saturated heterocycles. The highest BCUT2D eigenvalue weighted by Gasteiger charge is 2.26. The first-order valence-corrected chi connectivity index (χ1v) is 14.6. The van der Waals surface area contributed by atoms with E-state index < -0.39 is 29.9 Å². The number of rotatable bonds is 10. The predicted molar refractivity (Wildman–Crippen MR) is 166 cm³/mol. The number of carboxylic acid groups (broad SMARTS) is 1. The number of likely N-dealkylation sites (tertiary alicyclic amines) is 1. The molecule has 1 atom stereocenters. The minimum Gasteiger partial charge on any atom is -0.496 e. The van der Waals surface area contributed by atoms with Gasteiger partial charge >= 0.3 is 5.97 Å². The van der Waals surface area contributed by atoms with Crippen molar-refractivity contribution in [1.82, 2.24) is 10.2 Å². The Morgan fingerprint density at radius 3 is 2.34 bits per heavy atom. The number of alkyl halides is 1. The molecule has 0 aliphatic carbocycles. The zero-order valence-electron chi connectivity index (χ0n) is 25.0. The molecule has 5 rings (SSSR count). The fraction of sp³-hybridized carbons (Fsp3) is 0.314. The summed E-state index contributed by atoms with van der Waals surface area (Å²) in [4.78, 5) is 27.5. The lowest BCUT2D eigenvalue weighted by Gasteiger charge is -2.29. The molecule has 1 amide bonds. The first-order chi connectivity index (χ1) is 21.2. The second-order valence-electron chi connectivity index (χ2n) is 11.1. The molecule has 0 saturated carbocycles. The summed E-state index contributed by atoms with van der Waals surface area (Å²) < 4.78 is 40.0. The minimum absolute atomic E-state index is 0.0196. The fourth-order valence-electron chi connectivity index (χ4n) is 6.03. The second kappa shape index (κ2) is 13.4. The number of nitrogens with one attached hydrogen (secondary N) is 1. The van der Waals surface area contributed by atoms with Crippen LogP contribution in [0.3, 0.4) is 0 Å². The molecule has 0 unspecified atom stereocenters. The molecule has 7 nitrogen and oxygen atoms in total. The number of piperidine rings is 1. The summed E-state index contributed by atoms with van der Waals surface area (Å²) in [5.41, 5.74) is 3.48. The van der Waals surface area contributed by atoms with Gasteiger partial charge in [-0.05, 0) is 59.4 Å². The molecule has 44 heavy (non-hydrogen) atoms. The predicted octanol–water partition coefficient (Wildman–Crippen LogP) is 6.33. The van der Waals surface area contributed by atoms with Crippen molar-refractivity contribution in [3.05, 3.63) is 94.8 Å². The summed E-state index contributed by atoms with van der Waals surface area (Å²) in [5.74, 6) is -1.45. The number of amides is 1. The van der Waals surface area contributed by atoms with Gasteiger partial charge in [0.15, 0.2) is 0 Å². The molecule has 0 aromatic heterocycles. The van der Waals surface area contributed by atoms with Gasteiger partial charge in [0.05, 0.1) is 25.3 Å². The van der Waals surface area contributed by atoms with Crippen molar-refractivity contribution in [1.29, 1.82) is 0 Å². The first kappa shape index (κ1) is 30.9. The Hall–Kier alpha value is -4.50. The Bertz CT molecular complexity index is 1660. The van der Waals surface area contributed by atoms with Gasteiger partial charge in [0, 0.05) is 31.6 Å². The topological polar surface area (TPSA) is 88.1 Å². The summed E-state index contributed by atoms with van der Waals surface area (Å²) in [6.07, 6.45) is 0.237. The van der Waals surface area contributed by atoms with Crippen LogP contribution in [0.5, 0.6) is 11.5 Å². The van der Waals surface area contributed by atoms with Gasteiger partial charge in [0.25, 0.3) is 5.91 Å². The standard InChI is InChI=1S/C35H36F2N2O5/c1-21-7-4-12-28(37)31(21)34(40)38-29(35(41)42)19-22-8-5-10-26-25(22)9-6-11-27(26)32-30(43-2)14-13-23(33(32)44-3)20-39-17-15-24(36)16-18-39/h4-14,24,29H,15-20H2,1-3H3,(H,38,40)(H,41,42)/t29-/m0/s1. The van der Waals surface area contributed by atoms with E-state index in [0.717, 1.165) is 27.5 Å². The van der Waals surface area contributed by atoms with Crippen LogP contribution < -0.4 is 14.8 Å². The molecule has 0 bridgehead atoms. The molecule has 1 heterocycles. The number of halogens is 2. The minimum atomic E-state index is -1.29. The lowest BCUT2D eigenvalue weighted by molar-refractivity contribution is -0.139. The van der Waals surface area contributed by atoms with Gasteiger partial charge in [-0.25, -0.2) is 13.6 Å². The quantitative estimate of drug-likeness (QED) is 0.221. The van der Waals surface area contributed by atoms with Gasteiger partial charge in [-0.15, -0.1) is 0 Å². The third kappa shape index (κ3) is 6.38. The number of aryl methyl sites for hydroxylation is 1. The number of fused-ring (bicyclic) bond motifs is 1. The van der Waals surface area contributed by atoms with Crippen molar-refractivity contribution in [2.45, 2.75) is 44.9 Å². The summed E-state index contributed by atoms with van der Waals surface area (Å²) in [5, 5.41) is 14.2. The molecule has 2 N–H and O–H groups in total. The van der Waals surface area contributed by atoms with Crippen LogP contribution in [0, 0.1) is 12.7 Å². The molecule has 4 aromatic carbocycles. The summed E-state index contributed by atoms with van der Waals surface area (Å²) in [7, 11) is 3.21. The molecule has 1 fully saturated rings. The van der Waals surface area contributed by atoms with Gasteiger partial charge in [-0.1, -0.05) is 54.6 Å². The largest absolute Gasteiger partial charge is 0.496 e. The highest BCUT2D eigenvalue weighted by Crippen LogP contribution is 2.44. The number of carboxylic acids is 1. The van der Waals surface area contributed by atoms with E-state index in [2.05, 4.69) is 10.2 Å². The second-order valence-corrected chi connectivity index (χ2v) is 11.1. The van der Waals surface area contributed by atoms with E-state index in [4.69, 9.17) is 9.47 Å². The van der Waals surface area contributed by atoms with Crippen LogP contribution >= 0.6 is 0 Å². The van der Waals surface area contributed by atoms with Gasteiger partial charge in [-0.3, -0.25) is 9.69 Å². The zero-order chi connectivity index (χ0) is 31.4. The maximum atomic E-state index is 14.4. The lowest BCUT2D eigenvalue weighted by Crippen LogP contribution is -2.42. The number of hydrogen-bond acceptors (Lipinski definition) is 5. The van der Waals surface area contributed by atoms with E-state index in [1.165, 1.54) is 12.1 Å². The van der Waals surface area contributed by atoms with Crippen LogP contribution in [0.2, 0.25) is 0 Å². The third-order valence-electron chi connectivity index (χ3n) is 8.29. The smallest absolute Gasteiger partial charge is 0.326 e. The van der Waals surface area contributed by atoms with Crippen LogP contribution in [-0.4, -0.2) is 61.4 Å². The number of aliphatic carboxylic acids is 1. The van der Waals surface area contributed by atoms with Gasteiger partial charge in [0.2, 0.25) is 0 Å². The number of carbonyl (C=O) groups is 2. The fourth-order valence-corrected chi connectivity index (χ4v) is 6.03. The number of ether oxygens (including phenoxy) is 2. The van der Waals surface area contributed by atoms with Gasteiger partial charge in [-0.2, -0.15) is 0 Å². The Labute approximate surface area is 255 Å². The summed E-state index contributed by atoms with van der Waals surface area (Å²) >= 11 is 0. The molecule has 0 radical (unpaired) electrons. The van der Waals surface area contributed by atoms with E-state index in [-0.39, 0.29) is 12.0 Å². The molecular formula is C35H36F2N2O5. The lowest BCUT2D eigenvalue weighted by atomic mass is 9.91. The van der Waals surface area contributed by atoms with Crippen molar-refractivity contribution >= 4 is 22.6 Å². The van der Waals surface area contributed by atoms with Crippen molar-refractivity contribution in [3.63, 3.8) is 0 Å². The zero-order valence-corrected chi connectivity index (χ0v) is 25.0. The number of methoxy groups -OCH3 is 2. The Balaban J connectivity index is 1.52. The van der Waals surface area contributed by atoms with Crippen LogP contribution in [0.25, 0.3) is 21.9 Å². The average Bonchev–Trinajstić information content (AvgIpc) is 3.01. The first-order valence-electron chi connectivity index (χ1n) is 14.6.